The van der Waals surface area contributed by atoms with E-state index >= 15 is 0 Å². The van der Waals surface area contributed by atoms with Gasteiger partial charge in [-0.1, -0.05) is 30.3 Å². The first-order valence-corrected chi connectivity index (χ1v) is 8.46. The average molecular weight is 306 g/mol. The van der Waals surface area contributed by atoms with E-state index in [-0.39, 0.29) is 11.8 Å². The maximum absolute atomic E-state index is 12.5. The van der Waals surface area contributed by atoms with Crippen molar-refractivity contribution in [1.29, 1.82) is 0 Å². The lowest BCUT2D eigenvalue weighted by atomic mass is 9.92. The molecule has 0 bridgehead atoms. The molecule has 1 saturated heterocycles. The summed E-state index contributed by atoms with van der Waals surface area (Å²) in [7, 11) is 0. The van der Waals surface area contributed by atoms with E-state index in [0.29, 0.717) is 6.04 Å². The number of nitrogens with one attached hydrogen (secondary N) is 2. The quantitative estimate of drug-likeness (QED) is 0.760. The van der Waals surface area contributed by atoms with Crippen LogP contribution in [0.25, 0.3) is 11.1 Å². The van der Waals surface area contributed by atoms with E-state index < -0.39 is 0 Å². The van der Waals surface area contributed by atoms with Crippen LogP contribution in [-0.2, 0) is 11.2 Å². The molecule has 2 aromatic rings. The van der Waals surface area contributed by atoms with Crippen molar-refractivity contribution in [3.8, 4) is 11.1 Å². The topological polar surface area (TPSA) is 41.1 Å². The van der Waals surface area contributed by atoms with Gasteiger partial charge in [-0.25, -0.2) is 0 Å². The summed E-state index contributed by atoms with van der Waals surface area (Å²) in [5, 5.41) is 6.52. The van der Waals surface area contributed by atoms with Crippen molar-refractivity contribution in [3.63, 3.8) is 0 Å². The number of carbonyl (C=O) groups excluding carboxylic acids is 1. The molecule has 3 nitrogen and oxygen atoms in total. The Labute approximate surface area is 137 Å². The minimum absolute atomic E-state index is 0.122. The zero-order valence-electron chi connectivity index (χ0n) is 13.4. The molecule has 0 unspecified atom stereocenters. The zero-order valence-corrected chi connectivity index (χ0v) is 13.4. The lowest BCUT2D eigenvalue weighted by molar-refractivity contribution is -0.120. The van der Waals surface area contributed by atoms with Crippen LogP contribution in [-0.4, -0.2) is 18.5 Å². The number of anilines is 1. The highest BCUT2D eigenvalue weighted by Gasteiger charge is 2.25. The van der Waals surface area contributed by atoms with Gasteiger partial charge < -0.3 is 10.6 Å². The Morgan fingerprint density at radius 3 is 2.83 bits per heavy atom. The van der Waals surface area contributed by atoms with E-state index in [2.05, 4.69) is 54.0 Å². The molecule has 4 rings (SSSR count). The maximum Gasteiger partial charge on any atom is 0.227 e. The fourth-order valence-corrected chi connectivity index (χ4v) is 3.84. The van der Waals surface area contributed by atoms with Crippen LogP contribution in [0.2, 0.25) is 0 Å². The van der Waals surface area contributed by atoms with Crippen LogP contribution >= 0.6 is 0 Å². The molecule has 2 N–H and O–H groups in total. The molecule has 0 radical (unpaired) electrons. The normalized spacial score (nSPS) is 22.3. The smallest absolute Gasteiger partial charge is 0.227 e. The first-order chi connectivity index (χ1) is 11.2. The standard InChI is InChI=1S/C20H22N2O/c1-13-10-15(8-9-21-13)20(23)22-17-6-7-19-16(12-17)11-14-4-2-3-5-18(14)19/h2-7,12-13,15,21H,8-11H2,1H3,(H,22,23)/t13-,15-/m0/s1. The van der Waals surface area contributed by atoms with E-state index in [9.17, 15) is 4.79 Å². The van der Waals surface area contributed by atoms with Crippen molar-refractivity contribution in [2.45, 2.75) is 32.2 Å². The molecule has 118 valence electrons. The molecule has 1 amide bonds. The Hall–Kier alpha value is -2.13. The number of hydrogen-bond acceptors (Lipinski definition) is 2. The van der Waals surface area contributed by atoms with E-state index in [1.54, 1.807) is 0 Å². The van der Waals surface area contributed by atoms with Crippen molar-refractivity contribution < 1.29 is 4.79 Å². The third-order valence-corrected chi connectivity index (χ3v) is 5.06. The number of benzene rings is 2. The predicted molar refractivity (Wildman–Crippen MR) is 93.5 cm³/mol. The van der Waals surface area contributed by atoms with Crippen LogP contribution in [0.5, 0.6) is 0 Å². The highest BCUT2D eigenvalue weighted by Crippen LogP contribution is 2.37. The highest BCUT2D eigenvalue weighted by atomic mass is 16.1. The van der Waals surface area contributed by atoms with Gasteiger partial charge in [-0.2, -0.15) is 0 Å². The summed E-state index contributed by atoms with van der Waals surface area (Å²) < 4.78 is 0. The van der Waals surface area contributed by atoms with E-state index in [0.717, 1.165) is 31.5 Å². The van der Waals surface area contributed by atoms with Crippen molar-refractivity contribution >= 4 is 11.6 Å². The molecular weight excluding hydrogens is 284 g/mol. The van der Waals surface area contributed by atoms with Crippen molar-refractivity contribution in [2.24, 2.45) is 5.92 Å². The van der Waals surface area contributed by atoms with Crippen LogP contribution < -0.4 is 10.6 Å². The summed E-state index contributed by atoms with van der Waals surface area (Å²) in [5.41, 5.74) is 6.23. The second-order valence-corrected chi connectivity index (χ2v) is 6.77. The van der Waals surface area contributed by atoms with Gasteiger partial charge >= 0.3 is 0 Å². The van der Waals surface area contributed by atoms with E-state index in [1.165, 1.54) is 22.3 Å². The predicted octanol–water partition coefficient (Wildman–Crippen LogP) is 3.58. The van der Waals surface area contributed by atoms with Gasteiger partial charge in [-0.05, 0) is 67.1 Å². The van der Waals surface area contributed by atoms with Crippen molar-refractivity contribution in [1.82, 2.24) is 5.32 Å². The maximum atomic E-state index is 12.5. The molecule has 2 aliphatic rings. The minimum Gasteiger partial charge on any atom is -0.326 e. The van der Waals surface area contributed by atoms with Crippen LogP contribution in [0.15, 0.2) is 42.5 Å². The van der Waals surface area contributed by atoms with Crippen molar-refractivity contribution in [3.05, 3.63) is 53.6 Å². The third-order valence-electron chi connectivity index (χ3n) is 5.06. The Morgan fingerprint density at radius 1 is 1.13 bits per heavy atom. The summed E-state index contributed by atoms with van der Waals surface area (Å²) in [6, 6.07) is 15.3. The Balaban J connectivity index is 1.51. The van der Waals surface area contributed by atoms with Crippen LogP contribution in [0.1, 0.15) is 30.9 Å². The summed E-state index contributed by atoms with van der Waals surface area (Å²) in [5.74, 6) is 0.283. The SMILES string of the molecule is C[C@H]1C[C@@H](C(=O)Nc2ccc3c(c2)Cc2ccccc2-3)CCN1. The molecule has 1 aliphatic carbocycles. The number of hydrogen-bond donors (Lipinski definition) is 2. The van der Waals surface area contributed by atoms with Crippen LogP contribution in [0.3, 0.4) is 0 Å². The number of fused-ring (bicyclic) bond motifs is 3. The van der Waals surface area contributed by atoms with Gasteiger partial charge in [-0.15, -0.1) is 0 Å². The first kappa shape index (κ1) is 14.5. The van der Waals surface area contributed by atoms with E-state index in [4.69, 9.17) is 0 Å². The molecule has 3 heteroatoms. The molecule has 23 heavy (non-hydrogen) atoms. The molecule has 0 spiro atoms. The molecule has 0 saturated carbocycles. The Kier molecular flexibility index (Phi) is 3.66. The monoisotopic (exact) mass is 306 g/mol. The Morgan fingerprint density at radius 2 is 1.96 bits per heavy atom. The summed E-state index contributed by atoms with van der Waals surface area (Å²) in [6.45, 7) is 3.07. The average Bonchev–Trinajstić information content (AvgIpc) is 2.92. The third kappa shape index (κ3) is 2.77. The van der Waals surface area contributed by atoms with Crippen LogP contribution in [0.4, 0.5) is 5.69 Å². The number of carbonyl (C=O) groups is 1. The number of piperidine rings is 1. The molecule has 2 aromatic carbocycles. The fraction of sp³-hybridized carbons (Fsp3) is 0.350. The summed E-state index contributed by atoms with van der Waals surface area (Å²) >= 11 is 0. The van der Waals surface area contributed by atoms with Gasteiger partial charge in [0, 0.05) is 17.6 Å². The van der Waals surface area contributed by atoms with E-state index in [1.807, 2.05) is 6.07 Å². The van der Waals surface area contributed by atoms with Gasteiger partial charge in [-0.3, -0.25) is 4.79 Å². The largest absolute Gasteiger partial charge is 0.326 e. The molecule has 0 aromatic heterocycles. The lowest BCUT2D eigenvalue weighted by Crippen LogP contribution is -2.40. The number of rotatable bonds is 2. The van der Waals surface area contributed by atoms with Gasteiger partial charge in [0.15, 0.2) is 0 Å². The molecule has 2 atom stereocenters. The van der Waals surface area contributed by atoms with Gasteiger partial charge in [0.2, 0.25) is 5.91 Å². The fourth-order valence-electron chi connectivity index (χ4n) is 3.84. The zero-order chi connectivity index (χ0) is 15.8. The van der Waals surface area contributed by atoms with Gasteiger partial charge in [0.25, 0.3) is 0 Å². The summed E-state index contributed by atoms with van der Waals surface area (Å²) in [6.07, 6.45) is 2.80. The number of amides is 1. The first-order valence-electron chi connectivity index (χ1n) is 8.46. The molecular formula is C20H22N2O. The summed E-state index contributed by atoms with van der Waals surface area (Å²) in [4.78, 5) is 12.5. The van der Waals surface area contributed by atoms with Crippen molar-refractivity contribution in [2.75, 3.05) is 11.9 Å². The Bertz CT molecular complexity index is 753. The highest BCUT2D eigenvalue weighted by molar-refractivity contribution is 5.93. The molecule has 1 heterocycles. The van der Waals surface area contributed by atoms with Gasteiger partial charge in [0.1, 0.15) is 0 Å². The lowest BCUT2D eigenvalue weighted by Gasteiger charge is -2.27. The second kappa shape index (κ2) is 5.82. The second-order valence-electron chi connectivity index (χ2n) is 6.77. The van der Waals surface area contributed by atoms with Gasteiger partial charge in [0.05, 0.1) is 0 Å². The minimum atomic E-state index is 0.122. The van der Waals surface area contributed by atoms with Crippen LogP contribution in [0, 0.1) is 5.92 Å². The molecule has 1 fully saturated rings. The molecule has 1 aliphatic heterocycles.